The van der Waals surface area contributed by atoms with Gasteiger partial charge in [-0.1, -0.05) is 37.1 Å². The molecule has 1 aromatic heterocycles. The number of aromatic nitrogens is 2. The summed E-state index contributed by atoms with van der Waals surface area (Å²) in [5, 5.41) is 0.116. The maximum absolute atomic E-state index is 12.8. The molecule has 0 bridgehead atoms. The number of hydrogen-bond acceptors (Lipinski definition) is 2. The van der Waals surface area contributed by atoms with Gasteiger partial charge in [-0.05, 0) is 30.5 Å². The third-order valence-corrected chi connectivity index (χ3v) is 3.59. The lowest BCUT2D eigenvalue weighted by molar-refractivity contribution is 0.611. The number of benzene rings is 1. The fourth-order valence-electron chi connectivity index (χ4n) is 2.15. The third-order valence-electron chi connectivity index (χ3n) is 3.27. The van der Waals surface area contributed by atoms with Gasteiger partial charge in [-0.2, -0.15) is 0 Å². The van der Waals surface area contributed by atoms with Crippen LogP contribution in [-0.4, -0.2) is 9.55 Å². The summed E-state index contributed by atoms with van der Waals surface area (Å²) < 4.78 is 14.0. The van der Waals surface area contributed by atoms with Gasteiger partial charge in [0, 0.05) is 6.54 Å². The minimum atomic E-state index is -0.521. The van der Waals surface area contributed by atoms with Crippen molar-refractivity contribution in [2.45, 2.75) is 32.7 Å². The molecular weight excluding hydrogens is 295 g/mol. The van der Waals surface area contributed by atoms with Crippen molar-refractivity contribution in [3.05, 3.63) is 67.2 Å². The standard InChI is InChI=1S/C15H16ClFN2O2/c1-2-3-12-13(16)18-15(21)19(14(12)20)9-8-10-4-6-11(17)7-5-10/h4-7H,2-3,8-9H2,1H3,(H,18,21). The van der Waals surface area contributed by atoms with Crippen molar-refractivity contribution in [1.29, 1.82) is 0 Å². The fraction of sp³-hybridized carbons (Fsp3) is 0.333. The van der Waals surface area contributed by atoms with Crippen LogP contribution < -0.4 is 11.2 Å². The lowest BCUT2D eigenvalue weighted by Gasteiger charge is -2.08. The highest BCUT2D eigenvalue weighted by molar-refractivity contribution is 6.30. The van der Waals surface area contributed by atoms with Gasteiger partial charge in [0.25, 0.3) is 5.56 Å². The van der Waals surface area contributed by atoms with Crippen LogP contribution in [-0.2, 0) is 19.4 Å². The lowest BCUT2D eigenvalue weighted by atomic mass is 10.1. The molecule has 0 amide bonds. The minimum absolute atomic E-state index is 0.116. The second-order valence-electron chi connectivity index (χ2n) is 4.81. The molecule has 2 aromatic rings. The zero-order valence-electron chi connectivity index (χ0n) is 11.7. The van der Waals surface area contributed by atoms with E-state index in [0.29, 0.717) is 18.4 Å². The lowest BCUT2D eigenvalue weighted by Crippen LogP contribution is -2.38. The van der Waals surface area contributed by atoms with Crippen molar-refractivity contribution in [3.8, 4) is 0 Å². The van der Waals surface area contributed by atoms with Crippen LogP contribution in [0.2, 0.25) is 5.15 Å². The number of hydrogen-bond donors (Lipinski definition) is 1. The van der Waals surface area contributed by atoms with E-state index in [-0.39, 0.29) is 23.1 Å². The first-order valence-electron chi connectivity index (χ1n) is 6.79. The molecule has 1 heterocycles. The second-order valence-corrected chi connectivity index (χ2v) is 5.18. The smallest absolute Gasteiger partial charge is 0.297 e. The van der Waals surface area contributed by atoms with Crippen molar-refractivity contribution < 1.29 is 4.39 Å². The van der Waals surface area contributed by atoms with E-state index in [1.807, 2.05) is 6.92 Å². The molecule has 0 radical (unpaired) electrons. The van der Waals surface area contributed by atoms with Crippen LogP contribution in [0.5, 0.6) is 0 Å². The number of aryl methyl sites for hydroxylation is 1. The van der Waals surface area contributed by atoms with Gasteiger partial charge in [-0.25, -0.2) is 9.18 Å². The Morgan fingerprint density at radius 3 is 2.48 bits per heavy atom. The number of nitrogens with zero attached hydrogens (tertiary/aromatic N) is 1. The molecule has 1 N–H and O–H groups in total. The predicted octanol–water partition coefficient (Wildman–Crippen LogP) is 2.52. The number of H-pyrrole nitrogens is 1. The van der Waals surface area contributed by atoms with Gasteiger partial charge in [0.05, 0.1) is 5.56 Å². The zero-order valence-corrected chi connectivity index (χ0v) is 12.4. The molecule has 0 unspecified atom stereocenters. The van der Waals surface area contributed by atoms with Crippen LogP contribution in [0.25, 0.3) is 0 Å². The molecule has 0 aliphatic rings. The summed E-state index contributed by atoms with van der Waals surface area (Å²) in [7, 11) is 0. The first-order valence-corrected chi connectivity index (χ1v) is 7.16. The highest BCUT2D eigenvalue weighted by atomic mass is 35.5. The monoisotopic (exact) mass is 310 g/mol. The van der Waals surface area contributed by atoms with Crippen LogP contribution in [0.3, 0.4) is 0 Å². The summed E-state index contributed by atoms with van der Waals surface area (Å²) in [5.74, 6) is -0.314. The zero-order chi connectivity index (χ0) is 15.4. The largest absolute Gasteiger partial charge is 0.329 e. The van der Waals surface area contributed by atoms with Crippen molar-refractivity contribution >= 4 is 11.6 Å². The first kappa shape index (κ1) is 15.5. The van der Waals surface area contributed by atoms with E-state index in [1.54, 1.807) is 12.1 Å². The maximum Gasteiger partial charge on any atom is 0.329 e. The van der Waals surface area contributed by atoms with Gasteiger partial charge in [0.15, 0.2) is 0 Å². The number of rotatable bonds is 5. The Labute approximate surface area is 126 Å². The molecule has 0 aliphatic heterocycles. The van der Waals surface area contributed by atoms with Crippen molar-refractivity contribution in [2.24, 2.45) is 0 Å². The average molecular weight is 311 g/mol. The quantitative estimate of drug-likeness (QED) is 0.863. The normalized spacial score (nSPS) is 10.8. The maximum atomic E-state index is 12.8. The van der Waals surface area contributed by atoms with E-state index in [9.17, 15) is 14.0 Å². The third kappa shape index (κ3) is 3.61. The SMILES string of the molecule is CCCc1c(Cl)[nH]c(=O)n(CCc2ccc(F)cc2)c1=O. The van der Waals surface area contributed by atoms with Gasteiger partial charge >= 0.3 is 5.69 Å². The molecule has 112 valence electrons. The number of halogens is 2. The molecule has 1 aromatic carbocycles. The molecule has 2 rings (SSSR count). The summed E-state index contributed by atoms with van der Waals surface area (Å²) in [6.07, 6.45) is 1.75. The van der Waals surface area contributed by atoms with Crippen LogP contribution in [0.15, 0.2) is 33.9 Å². The molecule has 21 heavy (non-hydrogen) atoms. The van der Waals surface area contributed by atoms with Crippen molar-refractivity contribution in [1.82, 2.24) is 9.55 Å². The Kier molecular flexibility index (Phi) is 4.96. The molecule has 6 heteroatoms. The van der Waals surface area contributed by atoms with E-state index < -0.39 is 5.69 Å². The van der Waals surface area contributed by atoms with Crippen LogP contribution in [0, 0.1) is 5.82 Å². The predicted molar refractivity (Wildman–Crippen MR) is 80.4 cm³/mol. The van der Waals surface area contributed by atoms with Crippen LogP contribution in [0.4, 0.5) is 4.39 Å². The van der Waals surface area contributed by atoms with Gasteiger partial charge in [-0.15, -0.1) is 0 Å². The Bertz CT molecular complexity index is 735. The van der Waals surface area contributed by atoms with Crippen LogP contribution in [0.1, 0.15) is 24.5 Å². The van der Waals surface area contributed by atoms with Crippen LogP contribution >= 0.6 is 11.6 Å². The van der Waals surface area contributed by atoms with Crippen molar-refractivity contribution in [2.75, 3.05) is 0 Å². The number of aromatic amines is 1. The molecular formula is C15H16ClFN2O2. The molecule has 0 spiro atoms. The summed E-state index contributed by atoms with van der Waals surface area (Å²) in [4.78, 5) is 26.6. The molecule has 4 nitrogen and oxygen atoms in total. The Morgan fingerprint density at radius 1 is 1.19 bits per heavy atom. The summed E-state index contributed by atoms with van der Waals surface area (Å²) in [6, 6.07) is 5.98. The summed E-state index contributed by atoms with van der Waals surface area (Å²) in [5.41, 5.74) is 0.409. The van der Waals surface area contributed by atoms with E-state index in [1.165, 1.54) is 12.1 Å². The van der Waals surface area contributed by atoms with E-state index in [2.05, 4.69) is 4.98 Å². The van der Waals surface area contributed by atoms with Gasteiger partial charge in [0.2, 0.25) is 0 Å². The van der Waals surface area contributed by atoms with Gasteiger partial charge in [0.1, 0.15) is 11.0 Å². The average Bonchev–Trinajstić information content (AvgIpc) is 2.45. The Balaban J connectivity index is 2.27. The van der Waals surface area contributed by atoms with E-state index in [4.69, 9.17) is 11.6 Å². The highest BCUT2D eigenvalue weighted by Crippen LogP contribution is 2.08. The van der Waals surface area contributed by atoms with E-state index in [0.717, 1.165) is 16.6 Å². The summed E-state index contributed by atoms with van der Waals surface area (Å²) in [6.45, 7) is 2.16. The van der Waals surface area contributed by atoms with Crippen molar-refractivity contribution in [3.63, 3.8) is 0 Å². The Morgan fingerprint density at radius 2 is 1.86 bits per heavy atom. The fourth-order valence-corrected chi connectivity index (χ4v) is 2.40. The summed E-state index contributed by atoms with van der Waals surface area (Å²) >= 11 is 5.91. The first-order chi connectivity index (χ1) is 10.0. The molecule has 0 fully saturated rings. The topological polar surface area (TPSA) is 54.9 Å². The second kappa shape index (κ2) is 6.72. The number of nitrogens with one attached hydrogen (secondary N) is 1. The molecule has 0 saturated heterocycles. The minimum Gasteiger partial charge on any atom is -0.297 e. The van der Waals surface area contributed by atoms with Gasteiger partial charge < -0.3 is 0 Å². The molecule has 0 saturated carbocycles. The van der Waals surface area contributed by atoms with Gasteiger partial charge in [-0.3, -0.25) is 14.3 Å². The molecule has 0 atom stereocenters. The van der Waals surface area contributed by atoms with E-state index >= 15 is 0 Å². The Hall–Kier alpha value is -1.88. The highest BCUT2D eigenvalue weighted by Gasteiger charge is 2.11. The molecule has 0 aliphatic carbocycles.